The Morgan fingerprint density at radius 2 is 1.81 bits per heavy atom. The molecule has 0 heterocycles. The molecule has 1 aromatic rings. The van der Waals surface area contributed by atoms with Crippen LogP contribution in [0.2, 0.25) is 0 Å². The molecule has 2 aliphatic rings. The molecular formula is C18H24N2O. The summed E-state index contributed by atoms with van der Waals surface area (Å²) in [5.41, 5.74) is 5.06. The van der Waals surface area contributed by atoms with E-state index in [0.717, 1.165) is 5.56 Å². The van der Waals surface area contributed by atoms with Gasteiger partial charge in [0.25, 0.3) is 0 Å². The molecule has 0 spiro atoms. The Morgan fingerprint density at radius 3 is 2.38 bits per heavy atom. The molecule has 21 heavy (non-hydrogen) atoms. The summed E-state index contributed by atoms with van der Waals surface area (Å²) in [6.45, 7) is 4.36. The number of carbonyl (C=O) groups is 1. The second-order valence-electron chi connectivity index (χ2n) is 6.69. The van der Waals surface area contributed by atoms with Crippen LogP contribution >= 0.6 is 0 Å². The van der Waals surface area contributed by atoms with E-state index in [1.165, 1.54) is 31.2 Å². The van der Waals surface area contributed by atoms with Crippen molar-refractivity contribution in [2.75, 3.05) is 0 Å². The van der Waals surface area contributed by atoms with Crippen molar-refractivity contribution in [2.45, 2.75) is 45.4 Å². The third kappa shape index (κ3) is 3.17. The number of hydrazone groups is 1. The number of benzene rings is 1. The van der Waals surface area contributed by atoms with Crippen LogP contribution in [0.1, 0.15) is 56.6 Å². The zero-order valence-corrected chi connectivity index (χ0v) is 12.9. The van der Waals surface area contributed by atoms with Crippen molar-refractivity contribution in [1.82, 2.24) is 5.43 Å². The zero-order chi connectivity index (χ0) is 14.8. The molecule has 1 N–H and O–H groups in total. The first-order valence-electron chi connectivity index (χ1n) is 8.09. The van der Waals surface area contributed by atoms with Crippen LogP contribution in [0.5, 0.6) is 0 Å². The van der Waals surface area contributed by atoms with Gasteiger partial charge in [0.15, 0.2) is 0 Å². The van der Waals surface area contributed by atoms with Gasteiger partial charge in [-0.25, -0.2) is 5.43 Å². The molecule has 1 aromatic carbocycles. The average Bonchev–Trinajstić information content (AvgIpc) is 3.22. The minimum atomic E-state index is 0.113. The van der Waals surface area contributed by atoms with Crippen LogP contribution in [0.15, 0.2) is 29.4 Å². The van der Waals surface area contributed by atoms with Gasteiger partial charge in [0.05, 0.1) is 6.21 Å². The molecule has 1 amide bonds. The largest absolute Gasteiger partial charge is 0.273 e. The molecule has 2 unspecified atom stereocenters. The lowest BCUT2D eigenvalue weighted by atomic mass is 10.0. The first-order chi connectivity index (χ1) is 10.2. The summed E-state index contributed by atoms with van der Waals surface area (Å²) in [6.07, 6.45) is 6.76. The molecule has 0 bridgehead atoms. The second-order valence-corrected chi connectivity index (χ2v) is 6.69. The summed E-state index contributed by atoms with van der Waals surface area (Å²) >= 11 is 0. The Hall–Kier alpha value is -1.64. The highest BCUT2D eigenvalue weighted by atomic mass is 16.2. The first-order valence-corrected chi connectivity index (χ1v) is 8.09. The van der Waals surface area contributed by atoms with Gasteiger partial charge < -0.3 is 0 Å². The number of nitrogens with one attached hydrogen (secondary N) is 1. The molecule has 3 rings (SSSR count). The topological polar surface area (TPSA) is 41.5 Å². The highest BCUT2D eigenvalue weighted by Crippen LogP contribution is 2.55. The fourth-order valence-electron chi connectivity index (χ4n) is 3.59. The van der Waals surface area contributed by atoms with Crippen molar-refractivity contribution in [3.8, 4) is 0 Å². The van der Waals surface area contributed by atoms with E-state index in [-0.39, 0.29) is 11.8 Å². The summed E-state index contributed by atoms with van der Waals surface area (Å²) in [7, 11) is 0. The maximum atomic E-state index is 12.1. The Kier molecular flexibility index (Phi) is 4.09. The van der Waals surface area contributed by atoms with Crippen molar-refractivity contribution in [3.05, 3.63) is 35.4 Å². The maximum absolute atomic E-state index is 12.1. The standard InChI is InChI=1S/C18H24N2O/c1-12(2)14-9-7-13(8-10-14)11-19-20-18(21)17-15-5-3-4-6-16(15)17/h7-12,15-17H,3-6H2,1-2H3,(H,20,21)/b19-11+. The Labute approximate surface area is 126 Å². The summed E-state index contributed by atoms with van der Waals surface area (Å²) in [4.78, 5) is 12.1. The van der Waals surface area contributed by atoms with E-state index in [0.29, 0.717) is 17.8 Å². The van der Waals surface area contributed by atoms with Gasteiger partial charge in [0.1, 0.15) is 0 Å². The monoisotopic (exact) mass is 284 g/mol. The number of carbonyl (C=O) groups excluding carboxylic acids is 1. The molecule has 3 heteroatoms. The van der Waals surface area contributed by atoms with Gasteiger partial charge in [-0.3, -0.25) is 4.79 Å². The van der Waals surface area contributed by atoms with E-state index < -0.39 is 0 Å². The van der Waals surface area contributed by atoms with E-state index in [4.69, 9.17) is 0 Å². The predicted molar refractivity (Wildman–Crippen MR) is 85.2 cm³/mol. The van der Waals surface area contributed by atoms with Crippen LogP contribution in [0.25, 0.3) is 0 Å². The third-order valence-corrected chi connectivity index (χ3v) is 4.95. The van der Waals surface area contributed by atoms with Crippen LogP contribution in [0, 0.1) is 17.8 Å². The maximum Gasteiger partial charge on any atom is 0.243 e. The highest BCUT2D eigenvalue weighted by Gasteiger charge is 2.54. The molecule has 0 aliphatic heterocycles. The molecule has 0 aromatic heterocycles. The highest BCUT2D eigenvalue weighted by molar-refractivity contribution is 5.85. The van der Waals surface area contributed by atoms with Crippen LogP contribution in [0.3, 0.4) is 0 Å². The van der Waals surface area contributed by atoms with Gasteiger partial charge in [-0.05, 0) is 41.7 Å². The molecule has 2 atom stereocenters. The lowest BCUT2D eigenvalue weighted by molar-refractivity contribution is -0.122. The van der Waals surface area contributed by atoms with E-state index >= 15 is 0 Å². The van der Waals surface area contributed by atoms with E-state index in [1.807, 2.05) is 12.1 Å². The lowest BCUT2D eigenvalue weighted by Gasteiger charge is -2.04. The number of hydrogen-bond acceptors (Lipinski definition) is 2. The van der Waals surface area contributed by atoms with E-state index in [1.54, 1.807) is 6.21 Å². The molecule has 3 nitrogen and oxygen atoms in total. The van der Waals surface area contributed by atoms with Crippen molar-refractivity contribution in [2.24, 2.45) is 22.9 Å². The number of rotatable bonds is 4. The number of amides is 1. The second kappa shape index (κ2) is 6.00. The van der Waals surface area contributed by atoms with Gasteiger partial charge in [-0.1, -0.05) is 51.0 Å². The van der Waals surface area contributed by atoms with Crippen molar-refractivity contribution in [1.29, 1.82) is 0 Å². The average molecular weight is 284 g/mol. The Morgan fingerprint density at radius 1 is 1.19 bits per heavy atom. The fourth-order valence-corrected chi connectivity index (χ4v) is 3.59. The fraction of sp³-hybridized carbons (Fsp3) is 0.556. The molecule has 0 radical (unpaired) electrons. The molecule has 0 saturated heterocycles. The lowest BCUT2D eigenvalue weighted by Crippen LogP contribution is -2.20. The molecule has 2 fully saturated rings. The summed E-state index contributed by atoms with van der Waals surface area (Å²) < 4.78 is 0. The smallest absolute Gasteiger partial charge is 0.243 e. The Balaban J connectivity index is 1.51. The molecular weight excluding hydrogens is 260 g/mol. The van der Waals surface area contributed by atoms with Crippen molar-refractivity contribution in [3.63, 3.8) is 0 Å². The quantitative estimate of drug-likeness (QED) is 0.665. The van der Waals surface area contributed by atoms with Crippen LogP contribution in [-0.4, -0.2) is 12.1 Å². The summed E-state index contributed by atoms with van der Waals surface area (Å²) in [5.74, 6) is 2.15. The van der Waals surface area contributed by atoms with Gasteiger partial charge in [0.2, 0.25) is 5.91 Å². The summed E-state index contributed by atoms with van der Waals surface area (Å²) in [6, 6.07) is 8.32. The third-order valence-electron chi connectivity index (χ3n) is 4.95. The zero-order valence-electron chi connectivity index (χ0n) is 12.9. The predicted octanol–water partition coefficient (Wildman–Crippen LogP) is 3.70. The molecule has 112 valence electrons. The van der Waals surface area contributed by atoms with Gasteiger partial charge in [0, 0.05) is 5.92 Å². The first kappa shape index (κ1) is 14.3. The van der Waals surface area contributed by atoms with Gasteiger partial charge >= 0.3 is 0 Å². The summed E-state index contributed by atoms with van der Waals surface area (Å²) in [5, 5.41) is 4.11. The normalized spacial score (nSPS) is 27.7. The van der Waals surface area contributed by atoms with E-state index in [2.05, 4.69) is 36.5 Å². The van der Waals surface area contributed by atoms with Crippen molar-refractivity contribution < 1.29 is 4.79 Å². The van der Waals surface area contributed by atoms with Crippen molar-refractivity contribution >= 4 is 12.1 Å². The van der Waals surface area contributed by atoms with Crippen LogP contribution in [-0.2, 0) is 4.79 Å². The number of fused-ring (bicyclic) bond motifs is 1. The minimum Gasteiger partial charge on any atom is -0.273 e. The molecule has 2 aliphatic carbocycles. The van der Waals surface area contributed by atoms with Gasteiger partial charge in [-0.15, -0.1) is 0 Å². The minimum absolute atomic E-state index is 0.113. The number of nitrogens with zero attached hydrogens (tertiary/aromatic N) is 1. The van der Waals surface area contributed by atoms with Crippen LogP contribution in [0.4, 0.5) is 0 Å². The van der Waals surface area contributed by atoms with E-state index in [9.17, 15) is 4.79 Å². The molecule has 2 saturated carbocycles. The SMILES string of the molecule is CC(C)c1ccc(/C=N/NC(=O)C2C3CCCCC32)cc1. The number of hydrogen-bond donors (Lipinski definition) is 1. The van der Waals surface area contributed by atoms with Crippen LogP contribution < -0.4 is 5.43 Å². The van der Waals surface area contributed by atoms with Gasteiger partial charge in [-0.2, -0.15) is 5.10 Å². The Bertz CT molecular complexity index is 521.